The van der Waals surface area contributed by atoms with Crippen molar-refractivity contribution in [3.05, 3.63) is 95.3 Å². The molecule has 1 heterocycles. The summed E-state index contributed by atoms with van der Waals surface area (Å²) in [5.74, 6) is 0.478. The Bertz CT molecular complexity index is 1360. The number of methoxy groups -OCH3 is 3. The summed E-state index contributed by atoms with van der Waals surface area (Å²) in [5, 5.41) is 10.7. The monoisotopic (exact) mass is 517 g/mol. The first-order chi connectivity index (χ1) is 18.2. The van der Waals surface area contributed by atoms with Crippen molar-refractivity contribution in [3.8, 4) is 23.0 Å². The van der Waals surface area contributed by atoms with Crippen LogP contribution in [0.25, 0.3) is 0 Å². The number of aliphatic hydroxyl groups excluding tert-OH is 1. The first kappa shape index (κ1) is 26.6. The van der Waals surface area contributed by atoms with Gasteiger partial charge in [0.25, 0.3) is 5.91 Å². The summed E-state index contributed by atoms with van der Waals surface area (Å²) >= 11 is 0. The lowest BCUT2D eigenvalue weighted by Gasteiger charge is -2.37. The van der Waals surface area contributed by atoms with E-state index in [2.05, 4.69) is 0 Å². The fraction of sp³-hybridized carbons (Fsp3) is 0.267. The molecule has 3 aromatic rings. The molecule has 1 N–H and O–H groups in total. The van der Waals surface area contributed by atoms with Gasteiger partial charge in [-0.05, 0) is 73.5 Å². The molecular formula is C30H31NO7. The van der Waals surface area contributed by atoms with E-state index in [9.17, 15) is 14.7 Å². The molecular weight excluding hydrogens is 486 g/mol. The fourth-order valence-electron chi connectivity index (χ4n) is 4.59. The number of nitrogens with zero attached hydrogens (tertiary/aromatic N) is 1. The van der Waals surface area contributed by atoms with Gasteiger partial charge in [0, 0.05) is 18.2 Å². The summed E-state index contributed by atoms with van der Waals surface area (Å²) in [6.07, 6.45) is 1.28. The van der Waals surface area contributed by atoms with Crippen molar-refractivity contribution in [2.75, 3.05) is 21.3 Å². The number of amides is 1. The molecule has 0 bridgehead atoms. The van der Waals surface area contributed by atoms with Gasteiger partial charge in [-0.3, -0.25) is 9.59 Å². The number of hydrogen-bond acceptors (Lipinski definition) is 7. The van der Waals surface area contributed by atoms with Crippen molar-refractivity contribution in [2.45, 2.75) is 32.0 Å². The van der Waals surface area contributed by atoms with Crippen molar-refractivity contribution in [1.82, 2.24) is 4.90 Å². The molecule has 4 rings (SSSR count). The smallest absolute Gasteiger partial charge is 0.290 e. The molecule has 8 heteroatoms. The SMILES string of the molecule is COc1cccc(CN2C(=O)C(O)=CC2(C(=O)c2ccc(OC(C)C)cc2)c2ccc(OC)c(OC)c2)c1. The number of Topliss-reactive ketones (excluding diaryl/α,β-unsaturated/α-hetero) is 1. The Hall–Kier alpha value is -4.46. The van der Waals surface area contributed by atoms with Crippen LogP contribution in [0, 0.1) is 0 Å². The molecule has 38 heavy (non-hydrogen) atoms. The zero-order valence-corrected chi connectivity index (χ0v) is 22.1. The van der Waals surface area contributed by atoms with Gasteiger partial charge in [-0.25, -0.2) is 0 Å². The zero-order valence-electron chi connectivity index (χ0n) is 22.1. The molecule has 1 atom stereocenters. The second kappa shape index (κ2) is 10.9. The lowest BCUT2D eigenvalue weighted by atomic mass is 9.81. The Morgan fingerprint density at radius 3 is 2.24 bits per heavy atom. The summed E-state index contributed by atoms with van der Waals surface area (Å²) in [4.78, 5) is 29.1. The predicted octanol–water partition coefficient (Wildman–Crippen LogP) is 5.06. The van der Waals surface area contributed by atoms with Gasteiger partial charge in [-0.1, -0.05) is 18.2 Å². The minimum Gasteiger partial charge on any atom is -0.503 e. The normalized spacial score (nSPS) is 16.8. The highest BCUT2D eigenvalue weighted by Gasteiger charge is 2.52. The molecule has 1 aliphatic heterocycles. The summed E-state index contributed by atoms with van der Waals surface area (Å²) in [6, 6.07) is 18.9. The van der Waals surface area contributed by atoms with Gasteiger partial charge in [-0.2, -0.15) is 0 Å². The van der Waals surface area contributed by atoms with Gasteiger partial charge in [0.2, 0.25) is 0 Å². The summed E-state index contributed by atoms with van der Waals surface area (Å²) in [6.45, 7) is 3.86. The molecule has 0 spiro atoms. The van der Waals surface area contributed by atoms with Gasteiger partial charge >= 0.3 is 0 Å². The highest BCUT2D eigenvalue weighted by molar-refractivity contribution is 6.11. The average Bonchev–Trinajstić information content (AvgIpc) is 3.18. The van der Waals surface area contributed by atoms with E-state index in [0.29, 0.717) is 34.1 Å². The zero-order chi connectivity index (χ0) is 27.4. The predicted molar refractivity (Wildman–Crippen MR) is 142 cm³/mol. The second-order valence-corrected chi connectivity index (χ2v) is 9.13. The number of benzene rings is 3. The average molecular weight is 518 g/mol. The second-order valence-electron chi connectivity index (χ2n) is 9.13. The van der Waals surface area contributed by atoms with Gasteiger partial charge in [-0.15, -0.1) is 0 Å². The summed E-state index contributed by atoms with van der Waals surface area (Å²) < 4.78 is 22.0. The van der Waals surface area contributed by atoms with Crippen LogP contribution in [0.2, 0.25) is 0 Å². The number of carbonyl (C=O) groups excluding carboxylic acids is 2. The molecule has 0 fully saturated rings. The van der Waals surface area contributed by atoms with E-state index in [1.807, 2.05) is 19.9 Å². The van der Waals surface area contributed by atoms with Crippen LogP contribution in [0.1, 0.15) is 35.3 Å². The third-order valence-electron chi connectivity index (χ3n) is 6.37. The van der Waals surface area contributed by atoms with Crippen LogP contribution in [0.5, 0.6) is 23.0 Å². The van der Waals surface area contributed by atoms with E-state index in [4.69, 9.17) is 18.9 Å². The molecule has 0 radical (unpaired) electrons. The first-order valence-corrected chi connectivity index (χ1v) is 12.1. The number of ether oxygens (including phenoxy) is 4. The molecule has 198 valence electrons. The van der Waals surface area contributed by atoms with Crippen LogP contribution in [0.4, 0.5) is 0 Å². The minimum absolute atomic E-state index is 0.0275. The van der Waals surface area contributed by atoms with Crippen LogP contribution >= 0.6 is 0 Å². The molecule has 0 aromatic heterocycles. The van der Waals surface area contributed by atoms with E-state index >= 15 is 0 Å². The Morgan fingerprint density at radius 2 is 1.61 bits per heavy atom. The largest absolute Gasteiger partial charge is 0.503 e. The van der Waals surface area contributed by atoms with Gasteiger partial charge in [0.15, 0.2) is 28.6 Å². The first-order valence-electron chi connectivity index (χ1n) is 12.1. The Kier molecular flexibility index (Phi) is 7.62. The topological polar surface area (TPSA) is 94.5 Å². The molecule has 1 amide bonds. The molecule has 0 saturated carbocycles. The Labute approximate surface area is 222 Å². The van der Waals surface area contributed by atoms with Crippen molar-refractivity contribution >= 4 is 11.7 Å². The molecule has 0 aliphatic carbocycles. The number of hydrogen-bond donors (Lipinski definition) is 1. The number of carbonyl (C=O) groups is 2. The maximum absolute atomic E-state index is 14.4. The molecule has 1 unspecified atom stereocenters. The quantitative estimate of drug-likeness (QED) is 0.376. The highest BCUT2D eigenvalue weighted by Crippen LogP contribution is 2.44. The summed E-state index contributed by atoms with van der Waals surface area (Å²) in [5.41, 5.74) is -0.170. The van der Waals surface area contributed by atoms with Crippen LogP contribution < -0.4 is 18.9 Å². The Balaban J connectivity index is 1.89. The van der Waals surface area contributed by atoms with Gasteiger partial charge in [0.1, 0.15) is 11.5 Å². The van der Waals surface area contributed by atoms with Crippen molar-refractivity contribution in [2.24, 2.45) is 0 Å². The van der Waals surface area contributed by atoms with E-state index < -0.39 is 23.0 Å². The van der Waals surface area contributed by atoms with Crippen LogP contribution in [0.3, 0.4) is 0 Å². The van der Waals surface area contributed by atoms with E-state index in [-0.39, 0.29) is 12.6 Å². The van der Waals surface area contributed by atoms with E-state index in [1.54, 1.807) is 67.8 Å². The minimum atomic E-state index is -1.66. The highest BCUT2D eigenvalue weighted by atomic mass is 16.5. The number of rotatable bonds is 10. The van der Waals surface area contributed by atoms with Crippen LogP contribution in [0.15, 0.2) is 78.6 Å². The van der Waals surface area contributed by atoms with Gasteiger partial charge in [0.05, 0.1) is 27.4 Å². The van der Waals surface area contributed by atoms with Crippen LogP contribution in [-0.4, -0.2) is 49.1 Å². The standard InChI is InChI=1S/C30H31NO7/c1-19(2)38-23-12-9-21(10-13-23)28(33)30(22-11-14-26(36-4)27(16-22)37-5)17-25(32)29(34)31(30)18-20-7-6-8-24(15-20)35-3/h6-17,19,32H,18H2,1-5H3. The fourth-order valence-corrected chi connectivity index (χ4v) is 4.59. The van der Waals surface area contributed by atoms with Crippen molar-refractivity contribution in [3.63, 3.8) is 0 Å². The van der Waals surface area contributed by atoms with Crippen molar-refractivity contribution in [1.29, 1.82) is 0 Å². The summed E-state index contributed by atoms with van der Waals surface area (Å²) in [7, 11) is 4.56. The Morgan fingerprint density at radius 1 is 0.895 bits per heavy atom. The van der Waals surface area contributed by atoms with Crippen LogP contribution in [-0.2, 0) is 16.9 Å². The maximum atomic E-state index is 14.4. The van der Waals surface area contributed by atoms with Gasteiger partial charge < -0.3 is 29.0 Å². The van der Waals surface area contributed by atoms with E-state index in [1.165, 1.54) is 25.2 Å². The van der Waals surface area contributed by atoms with E-state index in [0.717, 1.165) is 5.56 Å². The van der Waals surface area contributed by atoms with Crippen molar-refractivity contribution < 1.29 is 33.6 Å². The molecule has 0 saturated heterocycles. The molecule has 3 aromatic carbocycles. The third kappa shape index (κ3) is 4.89. The molecule has 1 aliphatic rings. The maximum Gasteiger partial charge on any atom is 0.290 e. The number of aliphatic hydroxyl groups is 1. The lowest BCUT2D eigenvalue weighted by molar-refractivity contribution is -0.131. The number of ketones is 1. The molecule has 8 nitrogen and oxygen atoms in total. The lowest BCUT2D eigenvalue weighted by Crippen LogP contribution is -2.49. The third-order valence-corrected chi connectivity index (χ3v) is 6.37.